The van der Waals surface area contributed by atoms with Gasteiger partial charge in [0.05, 0.1) is 43.1 Å². The molecule has 2 saturated heterocycles. The van der Waals surface area contributed by atoms with Gasteiger partial charge in [-0.05, 0) is 101 Å². The maximum atomic E-state index is 13.7. The van der Waals surface area contributed by atoms with Crippen molar-refractivity contribution in [3.8, 4) is 6.07 Å². The van der Waals surface area contributed by atoms with Crippen LogP contribution in [0.3, 0.4) is 0 Å². The molecule has 310 valence electrons. The Morgan fingerprint density at radius 1 is 0.983 bits per heavy atom. The lowest BCUT2D eigenvalue weighted by molar-refractivity contribution is -0.138. The van der Waals surface area contributed by atoms with E-state index >= 15 is 0 Å². The van der Waals surface area contributed by atoms with Crippen LogP contribution in [0.15, 0.2) is 48.8 Å². The summed E-state index contributed by atoms with van der Waals surface area (Å²) >= 11 is 1.56. The van der Waals surface area contributed by atoms with Gasteiger partial charge in [-0.25, -0.2) is 4.98 Å². The highest BCUT2D eigenvalue weighted by atomic mass is 32.1. The summed E-state index contributed by atoms with van der Waals surface area (Å²) in [7, 11) is 0. The molecule has 15 nitrogen and oxygen atoms in total. The van der Waals surface area contributed by atoms with Crippen LogP contribution in [0.25, 0.3) is 10.2 Å². The minimum atomic E-state index is -1.27. The number of amides is 6. The Hall–Kier alpha value is -6.05. The Labute approximate surface area is 350 Å². The highest BCUT2D eigenvalue weighted by Gasteiger charge is 2.45. The van der Waals surface area contributed by atoms with Crippen LogP contribution in [0.2, 0.25) is 0 Å². The molecule has 4 aromatic rings. The Bertz CT molecular complexity index is 2450. The molecule has 1 atom stereocenters. The van der Waals surface area contributed by atoms with Crippen LogP contribution in [0, 0.1) is 23.2 Å². The van der Waals surface area contributed by atoms with E-state index in [1.165, 1.54) is 18.5 Å². The first-order valence-electron chi connectivity index (χ1n) is 20.5. The molecule has 2 aromatic carbocycles. The fraction of sp³-hybridized carbons (Fsp3) is 0.432. The Kier molecular flexibility index (Phi) is 11.2. The molecule has 0 radical (unpaired) electrons. The van der Waals surface area contributed by atoms with Crippen LogP contribution in [0.4, 0.5) is 11.4 Å². The monoisotopic (exact) mass is 830 g/mol. The largest absolute Gasteiger partial charge is 0.386 e. The third-order valence-electron chi connectivity index (χ3n) is 12.3. The molecule has 3 aliphatic heterocycles. The normalized spacial score (nSPS) is 21.1. The van der Waals surface area contributed by atoms with E-state index < -0.39 is 41.2 Å². The number of benzene rings is 2. The lowest BCUT2D eigenvalue weighted by atomic mass is 9.81. The van der Waals surface area contributed by atoms with Crippen molar-refractivity contribution in [2.75, 3.05) is 30.3 Å². The minimum absolute atomic E-state index is 0.0355. The molecule has 4 N–H and O–H groups in total. The Morgan fingerprint density at radius 3 is 2.47 bits per heavy atom. The average Bonchev–Trinajstić information content (AvgIpc) is 3.77. The number of hydrogen-bond donors (Lipinski definition) is 4. The number of piperidine rings is 2. The summed E-state index contributed by atoms with van der Waals surface area (Å²) in [4.78, 5) is 89.5. The first-order valence-corrected chi connectivity index (χ1v) is 21.3. The van der Waals surface area contributed by atoms with Crippen molar-refractivity contribution in [3.05, 3.63) is 81.6 Å². The van der Waals surface area contributed by atoms with E-state index in [1.54, 1.807) is 43.4 Å². The zero-order valence-electron chi connectivity index (χ0n) is 33.5. The number of pyridine rings is 1. The third kappa shape index (κ3) is 8.11. The van der Waals surface area contributed by atoms with E-state index in [0.29, 0.717) is 42.5 Å². The van der Waals surface area contributed by atoms with Gasteiger partial charge in [-0.3, -0.25) is 44.0 Å². The number of imide groups is 2. The Morgan fingerprint density at radius 2 is 1.75 bits per heavy atom. The van der Waals surface area contributed by atoms with Gasteiger partial charge in [0.25, 0.3) is 17.7 Å². The van der Waals surface area contributed by atoms with Gasteiger partial charge in [0.15, 0.2) is 0 Å². The molecule has 4 aliphatic rings. The van der Waals surface area contributed by atoms with Crippen molar-refractivity contribution in [2.24, 2.45) is 11.8 Å². The van der Waals surface area contributed by atoms with Gasteiger partial charge in [0.1, 0.15) is 12.1 Å². The van der Waals surface area contributed by atoms with Gasteiger partial charge < -0.3 is 20.6 Å². The predicted molar refractivity (Wildman–Crippen MR) is 222 cm³/mol. The second-order valence-corrected chi connectivity index (χ2v) is 17.8. The van der Waals surface area contributed by atoms with Crippen molar-refractivity contribution in [1.29, 1.82) is 5.26 Å². The SMILES string of the molecule is CC(C)(O)c1cc2nc(C3CCC(C(=O)N4CCC(CCNc5cccc6c5C(=O)N(C5CCC(=O)NC5=O)C6=O)CC4)CC3)sc2cc1NC(=O)c1cncc(C#N)c1. The smallest absolute Gasteiger partial charge is 0.264 e. The molecule has 1 unspecified atom stereocenters. The zero-order valence-corrected chi connectivity index (χ0v) is 34.3. The van der Waals surface area contributed by atoms with Crippen LogP contribution in [0.1, 0.15) is 125 Å². The number of nitriles is 1. The van der Waals surface area contributed by atoms with Gasteiger partial charge in [-0.2, -0.15) is 5.26 Å². The maximum absolute atomic E-state index is 13.7. The van der Waals surface area contributed by atoms with Crippen molar-refractivity contribution in [2.45, 2.75) is 89.2 Å². The molecule has 3 fully saturated rings. The average molecular weight is 831 g/mol. The summed E-state index contributed by atoms with van der Waals surface area (Å²) in [5, 5.41) is 29.7. The van der Waals surface area contributed by atoms with Gasteiger partial charge in [0.2, 0.25) is 17.7 Å². The standard InChI is InChI=1S/C44H46N8O7S/c1-44(2,59)30-19-33-35(20-32(30)48-38(54)28-18-25(21-45)22-46-23-28)60-40(49-33)26-6-8-27(9-7-26)41(56)51-16-13-24(14-17-51)12-15-47-31-5-3-4-29-37(31)43(58)52(42(29)57)34-10-11-36(53)50-39(34)55/h3-5,18-20,22-24,26-27,34,47,59H,6-17H2,1-2H3,(H,48,54)(H,50,53,55). The molecule has 60 heavy (non-hydrogen) atoms. The second-order valence-electron chi connectivity index (χ2n) is 16.7. The van der Waals surface area contributed by atoms with Crippen LogP contribution in [-0.2, 0) is 20.0 Å². The van der Waals surface area contributed by atoms with Gasteiger partial charge >= 0.3 is 0 Å². The van der Waals surface area contributed by atoms with Crippen molar-refractivity contribution in [1.82, 2.24) is 25.1 Å². The van der Waals surface area contributed by atoms with Crippen LogP contribution >= 0.6 is 11.3 Å². The Balaban J connectivity index is 0.825. The van der Waals surface area contributed by atoms with Gasteiger partial charge in [0, 0.05) is 67.2 Å². The summed E-state index contributed by atoms with van der Waals surface area (Å²) in [5.41, 5.74) is 1.99. The first-order chi connectivity index (χ1) is 28.8. The number of carbonyl (C=O) groups is 6. The number of fused-ring (bicyclic) bond motifs is 2. The lowest BCUT2D eigenvalue weighted by Crippen LogP contribution is -2.54. The zero-order chi connectivity index (χ0) is 42.3. The molecular weight excluding hydrogens is 785 g/mol. The third-order valence-corrected chi connectivity index (χ3v) is 13.4. The van der Waals surface area contributed by atoms with E-state index in [-0.39, 0.29) is 52.8 Å². The number of thiazole rings is 1. The van der Waals surface area contributed by atoms with Crippen molar-refractivity contribution in [3.63, 3.8) is 0 Å². The van der Waals surface area contributed by atoms with Crippen molar-refractivity contribution < 1.29 is 33.9 Å². The molecule has 1 aliphatic carbocycles. The molecule has 1 saturated carbocycles. The molecule has 0 bridgehead atoms. The van der Waals surface area contributed by atoms with Gasteiger partial charge in [-0.1, -0.05) is 6.07 Å². The van der Waals surface area contributed by atoms with Crippen molar-refractivity contribution >= 4 is 68.4 Å². The predicted octanol–water partition coefficient (Wildman–Crippen LogP) is 5.46. The van der Waals surface area contributed by atoms with E-state index in [9.17, 15) is 39.1 Å². The van der Waals surface area contributed by atoms with Crippen LogP contribution < -0.4 is 16.0 Å². The number of carbonyl (C=O) groups excluding carboxylic acids is 6. The number of aromatic nitrogens is 2. The summed E-state index contributed by atoms with van der Waals surface area (Å²) in [6.07, 6.45) is 8.76. The molecule has 2 aromatic heterocycles. The quantitative estimate of drug-likeness (QED) is 0.147. The van der Waals surface area contributed by atoms with E-state index in [0.717, 1.165) is 65.1 Å². The highest BCUT2D eigenvalue weighted by Crippen LogP contribution is 2.42. The molecule has 5 heterocycles. The summed E-state index contributed by atoms with van der Waals surface area (Å²) in [6.45, 7) is 5.27. The first kappa shape index (κ1) is 40.7. The minimum Gasteiger partial charge on any atom is -0.386 e. The molecular formula is C44H46N8O7S. The lowest BCUT2D eigenvalue weighted by Gasteiger charge is -2.36. The van der Waals surface area contributed by atoms with E-state index in [1.807, 2.05) is 23.1 Å². The van der Waals surface area contributed by atoms with E-state index in [2.05, 4.69) is 20.9 Å². The van der Waals surface area contributed by atoms with Crippen LogP contribution in [-0.4, -0.2) is 86.0 Å². The molecule has 8 rings (SSSR count). The number of nitrogens with zero attached hydrogens (tertiary/aromatic N) is 5. The maximum Gasteiger partial charge on any atom is 0.264 e. The van der Waals surface area contributed by atoms with Gasteiger partial charge in [-0.15, -0.1) is 11.3 Å². The topological polar surface area (TPSA) is 215 Å². The second kappa shape index (κ2) is 16.5. The van der Waals surface area contributed by atoms with Crippen LogP contribution in [0.5, 0.6) is 0 Å². The number of rotatable bonds is 10. The number of likely N-dealkylation sites (tertiary alicyclic amines) is 1. The van der Waals surface area contributed by atoms with E-state index in [4.69, 9.17) is 4.98 Å². The summed E-state index contributed by atoms with van der Waals surface area (Å²) in [6, 6.07) is 11.2. The fourth-order valence-corrected chi connectivity index (χ4v) is 10.1. The summed E-state index contributed by atoms with van der Waals surface area (Å²) < 4.78 is 0.876. The molecule has 16 heteroatoms. The number of aliphatic hydroxyl groups is 1. The fourth-order valence-electron chi connectivity index (χ4n) is 8.96. The highest BCUT2D eigenvalue weighted by molar-refractivity contribution is 7.18. The number of nitrogens with one attached hydrogen (secondary N) is 3. The number of hydrogen-bond acceptors (Lipinski definition) is 12. The number of anilines is 2. The summed E-state index contributed by atoms with van der Waals surface area (Å²) in [5.74, 6) is -1.79. The molecule has 6 amide bonds. The molecule has 0 spiro atoms.